The van der Waals surface area contributed by atoms with Gasteiger partial charge in [0.1, 0.15) is 5.75 Å². The molecule has 3 nitrogen and oxygen atoms in total. The van der Waals surface area contributed by atoms with Crippen molar-refractivity contribution >= 4 is 0 Å². The highest BCUT2D eigenvalue weighted by Gasteiger charge is 2.19. The summed E-state index contributed by atoms with van der Waals surface area (Å²) in [5.74, 6) is 0.229. The SMILES string of the molecule is Cc1nccc(-c2cc(C(F)F)c(OC[C@@H](C)CC(C)C)cn2)c1F. The van der Waals surface area contributed by atoms with Crippen molar-refractivity contribution in [1.82, 2.24) is 9.97 Å². The van der Waals surface area contributed by atoms with Gasteiger partial charge in [0.05, 0.1) is 29.8 Å². The third-order valence-corrected chi connectivity index (χ3v) is 3.87. The van der Waals surface area contributed by atoms with Crippen molar-refractivity contribution in [3.63, 3.8) is 0 Å². The molecule has 0 spiro atoms. The first-order valence-corrected chi connectivity index (χ1v) is 8.32. The van der Waals surface area contributed by atoms with Gasteiger partial charge >= 0.3 is 0 Å². The minimum Gasteiger partial charge on any atom is -0.491 e. The molecule has 0 bridgehead atoms. The van der Waals surface area contributed by atoms with Gasteiger partial charge in [-0.05, 0) is 37.3 Å². The summed E-state index contributed by atoms with van der Waals surface area (Å²) in [7, 11) is 0. The van der Waals surface area contributed by atoms with Gasteiger partial charge in [-0.1, -0.05) is 20.8 Å². The topological polar surface area (TPSA) is 35.0 Å². The summed E-state index contributed by atoms with van der Waals surface area (Å²) in [5.41, 5.74) is 0.200. The zero-order valence-corrected chi connectivity index (χ0v) is 14.9. The lowest BCUT2D eigenvalue weighted by Gasteiger charge is -2.17. The highest BCUT2D eigenvalue weighted by atomic mass is 19.3. The summed E-state index contributed by atoms with van der Waals surface area (Å²) in [6.07, 6.45) is 0.879. The van der Waals surface area contributed by atoms with E-state index in [1.54, 1.807) is 0 Å². The highest BCUT2D eigenvalue weighted by molar-refractivity contribution is 5.62. The molecular weight excluding hydrogens is 329 g/mol. The van der Waals surface area contributed by atoms with Crippen LogP contribution in [0.5, 0.6) is 5.75 Å². The molecule has 0 saturated carbocycles. The number of hydrogen-bond donors (Lipinski definition) is 0. The van der Waals surface area contributed by atoms with Crippen LogP contribution < -0.4 is 4.74 Å². The van der Waals surface area contributed by atoms with Gasteiger partial charge in [-0.15, -0.1) is 0 Å². The van der Waals surface area contributed by atoms with E-state index in [9.17, 15) is 13.2 Å². The molecule has 0 saturated heterocycles. The quantitative estimate of drug-likeness (QED) is 0.651. The Morgan fingerprint density at radius 3 is 2.52 bits per heavy atom. The van der Waals surface area contributed by atoms with Gasteiger partial charge in [0, 0.05) is 11.8 Å². The second-order valence-corrected chi connectivity index (χ2v) is 6.71. The Hall–Kier alpha value is -2.11. The van der Waals surface area contributed by atoms with Crippen molar-refractivity contribution < 1.29 is 17.9 Å². The van der Waals surface area contributed by atoms with Crippen LogP contribution in [-0.2, 0) is 0 Å². The van der Waals surface area contributed by atoms with Gasteiger partial charge in [-0.2, -0.15) is 0 Å². The Labute approximate surface area is 146 Å². The second kappa shape index (κ2) is 8.32. The fourth-order valence-corrected chi connectivity index (χ4v) is 2.75. The van der Waals surface area contributed by atoms with E-state index in [2.05, 4.69) is 23.8 Å². The molecule has 0 aliphatic carbocycles. The summed E-state index contributed by atoms with van der Waals surface area (Å²) in [6.45, 7) is 8.06. The van der Waals surface area contributed by atoms with Crippen LogP contribution in [0.25, 0.3) is 11.3 Å². The zero-order chi connectivity index (χ0) is 18.6. The van der Waals surface area contributed by atoms with Crippen molar-refractivity contribution in [3.05, 3.63) is 41.6 Å². The molecule has 0 N–H and O–H groups in total. The lowest BCUT2D eigenvalue weighted by atomic mass is 10.00. The predicted molar refractivity (Wildman–Crippen MR) is 91.2 cm³/mol. The Morgan fingerprint density at radius 1 is 1.16 bits per heavy atom. The molecule has 0 unspecified atom stereocenters. The molecule has 0 aromatic carbocycles. The van der Waals surface area contributed by atoms with E-state index < -0.39 is 12.2 Å². The summed E-state index contributed by atoms with van der Waals surface area (Å²) >= 11 is 0. The van der Waals surface area contributed by atoms with Crippen LogP contribution in [0, 0.1) is 24.6 Å². The fourth-order valence-electron chi connectivity index (χ4n) is 2.75. The van der Waals surface area contributed by atoms with E-state index in [0.717, 1.165) is 6.42 Å². The van der Waals surface area contributed by atoms with Crippen LogP contribution in [0.15, 0.2) is 24.5 Å². The van der Waals surface area contributed by atoms with Crippen LogP contribution in [-0.4, -0.2) is 16.6 Å². The number of halogens is 3. The summed E-state index contributed by atoms with van der Waals surface area (Å²) in [5, 5.41) is 0. The minimum atomic E-state index is -2.73. The molecule has 0 radical (unpaired) electrons. The van der Waals surface area contributed by atoms with E-state index in [1.807, 2.05) is 6.92 Å². The van der Waals surface area contributed by atoms with E-state index in [0.29, 0.717) is 12.5 Å². The monoisotopic (exact) mass is 352 g/mol. The number of pyridine rings is 2. The van der Waals surface area contributed by atoms with Crippen molar-refractivity contribution in [3.8, 4) is 17.0 Å². The summed E-state index contributed by atoms with van der Waals surface area (Å²) in [4.78, 5) is 7.94. The predicted octanol–water partition coefficient (Wildman–Crippen LogP) is 5.59. The maximum atomic E-state index is 14.2. The average molecular weight is 352 g/mol. The smallest absolute Gasteiger partial charge is 0.267 e. The number of nitrogens with zero attached hydrogens (tertiary/aromatic N) is 2. The molecule has 136 valence electrons. The number of hydrogen-bond acceptors (Lipinski definition) is 3. The molecule has 0 aliphatic rings. The second-order valence-electron chi connectivity index (χ2n) is 6.71. The summed E-state index contributed by atoms with van der Waals surface area (Å²) in [6, 6.07) is 2.61. The zero-order valence-electron chi connectivity index (χ0n) is 14.9. The molecule has 2 aromatic rings. The van der Waals surface area contributed by atoms with Gasteiger partial charge in [0.25, 0.3) is 6.43 Å². The lowest BCUT2D eigenvalue weighted by molar-refractivity contribution is 0.142. The third kappa shape index (κ3) is 4.94. The van der Waals surface area contributed by atoms with Crippen molar-refractivity contribution in [2.75, 3.05) is 6.61 Å². The highest BCUT2D eigenvalue weighted by Crippen LogP contribution is 2.33. The maximum absolute atomic E-state index is 14.2. The van der Waals surface area contributed by atoms with Crippen LogP contribution in [0.3, 0.4) is 0 Å². The van der Waals surface area contributed by atoms with E-state index in [4.69, 9.17) is 4.74 Å². The van der Waals surface area contributed by atoms with E-state index in [-0.39, 0.29) is 34.2 Å². The van der Waals surface area contributed by atoms with Crippen LogP contribution in [0.2, 0.25) is 0 Å². The van der Waals surface area contributed by atoms with Gasteiger partial charge in [0.2, 0.25) is 0 Å². The molecule has 1 atom stereocenters. The molecule has 6 heteroatoms. The molecule has 2 rings (SSSR count). The normalized spacial score (nSPS) is 12.7. The molecular formula is C19H23F3N2O. The van der Waals surface area contributed by atoms with Crippen molar-refractivity contribution in [1.29, 1.82) is 0 Å². The lowest BCUT2D eigenvalue weighted by Crippen LogP contribution is -2.12. The van der Waals surface area contributed by atoms with E-state index in [1.165, 1.54) is 31.5 Å². The molecule has 0 amide bonds. The molecule has 0 aliphatic heterocycles. The first-order chi connectivity index (χ1) is 11.8. The van der Waals surface area contributed by atoms with Gasteiger partial charge < -0.3 is 4.74 Å². The van der Waals surface area contributed by atoms with Crippen LogP contribution in [0.1, 0.15) is 44.9 Å². The maximum Gasteiger partial charge on any atom is 0.267 e. The standard InChI is InChI=1S/C19H23F3N2O/c1-11(2)7-12(3)10-25-17-9-24-16(8-15(17)19(21)22)14-5-6-23-13(4)18(14)20/h5-6,8-9,11-12,19H,7,10H2,1-4H3/t12-/m0/s1. The first kappa shape index (κ1) is 19.2. The number of ether oxygens (including phenoxy) is 1. The number of aromatic nitrogens is 2. The Morgan fingerprint density at radius 2 is 1.88 bits per heavy atom. The number of aryl methyl sites for hydroxylation is 1. The number of alkyl halides is 2. The molecule has 0 fully saturated rings. The fraction of sp³-hybridized carbons (Fsp3) is 0.474. The average Bonchev–Trinajstić information content (AvgIpc) is 2.54. The largest absolute Gasteiger partial charge is 0.491 e. The van der Waals surface area contributed by atoms with Crippen LogP contribution in [0.4, 0.5) is 13.2 Å². The van der Waals surface area contributed by atoms with E-state index >= 15 is 0 Å². The Balaban J connectivity index is 2.27. The van der Waals surface area contributed by atoms with Crippen molar-refractivity contribution in [2.45, 2.75) is 40.5 Å². The minimum absolute atomic E-state index is 0.0422. The van der Waals surface area contributed by atoms with Gasteiger partial charge in [-0.25, -0.2) is 13.2 Å². The third-order valence-electron chi connectivity index (χ3n) is 3.87. The Kier molecular flexibility index (Phi) is 6.39. The first-order valence-electron chi connectivity index (χ1n) is 8.32. The van der Waals surface area contributed by atoms with Crippen molar-refractivity contribution in [2.24, 2.45) is 11.8 Å². The molecule has 2 aromatic heterocycles. The Bertz CT molecular complexity index is 720. The summed E-state index contributed by atoms with van der Waals surface area (Å²) < 4.78 is 46.6. The molecule has 2 heterocycles. The number of rotatable bonds is 7. The van der Waals surface area contributed by atoms with Gasteiger partial charge in [-0.3, -0.25) is 9.97 Å². The van der Waals surface area contributed by atoms with Gasteiger partial charge in [0.15, 0.2) is 5.82 Å². The van der Waals surface area contributed by atoms with Crippen LogP contribution >= 0.6 is 0 Å². The molecule has 25 heavy (non-hydrogen) atoms.